The van der Waals surface area contributed by atoms with Gasteiger partial charge in [-0.3, -0.25) is 0 Å². The number of thiocarbonyl (C=S) groups is 1. The van der Waals surface area contributed by atoms with Crippen LogP contribution in [-0.2, 0) is 0 Å². The Hall–Kier alpha value is -1.47. The van der Waals surface area contributed by atoms with E-state index >= 15 is 0 Å². The maximum absolute atomic E-state index is 5.53. The van der Waals surface area contributed by atoms with Gasteiger partial charge in [0.25, 0.3) is 0 Å². The molecule has 0 aromatic heterocycles. The van der Waals surface area contributed by atoms with E-state index in [1.54, 1.807) is 0 Å². The van der Waals surface area contributed by atoms with Crippen LogP contribution in [0.2, 0.25) is 0 Å². The van der Waals surface area contributed by atoms with Gasteiger partial charge in [-0.1, -0.05) is 60.7 Å². The van der Waals surface area contributed by atoms with Crippen molar-refractivity contribution in [1.82, 2.24) is 0 Å². The average molecular weight is 226 g/mol. The number of hydrogen-bond donors (Lipinski definition) is 0. The highest BCUT2D eigenvalue weighted by Gasteiger charge is 2.07. The number of hydrogen-bond acceptors (Lipinski definition) is 1. The van der Waals surface area contributed by atoms with Crippen LogP contribution in [0, 0.1) is 13.8 Å². The van der Waals surface area contributed by atoms with Gasteiger partial charge in [0.2, 0.25) is 0 Å². The molecule has 0 unspecified atom stereocenters. The monoisotopic (exact) mass is 226 g/mol. The fourth-order valence-electron chi connectivity index (χ4n) is 1.74. The molecule has 0 N–H and O–H groups in total. The molecule has 0 aliphatic carbocycles. The first-order chi connectivity index (χ1) is 7.70. The molecule has 0 bridgehead atoms. The molecular weight excluding hydrogens is 212 g/mol. The zero-order valence-electron chi connectivity index (χ0n) is 9.53. The van der Waals surface area contributed by atoms with Gasteiger partial charge in [-0.15, -0.1) is 0 Å². The van der Waals surface area contributed by atoms with Crippen molar-refractivity contribution in [3.8, 4) is 0 Å². The van der Waals surface area contributed by atoms with Gasteiger partial charge in [0.15, 0.2) is 0 Å². The summed E-state index contributed by atoms with van der Waals surface area (Å²) in [6.45, 7) is 4.24. The molecule has 0 radical (unpaired) electrons. The lowest BCUT2D eigenvalue weighted by atomic mass is 9.97. The van der Waals surface area contributed by atoms with Crippen molar-refractivity contribution in [2.45, 2.75) is 13.8 Å². The first-order valence-electron chi connectivity index (χ1n) is 5.36. The average Bonchev–Trinajstić information content (AvgIpc) is 2.33. The second kappa shape index (κ2) is 4.58. The van der Waals surface area contributed by atoms with Crippen molar-refractivity contribution in [2.24, 2.45) is 0 Å². The van der Waals surface area contributed by atoms with Crippen molar-refractivity contribution >= 4 is 17.1 Å². The zero-order chi connectivity index (χ0) is 11.5. The fourth-order valence-corrected chi connectivity index (χ4v) is 2.10. The highest BCUT2D eigenvalue weighted by molar-refractivity contribution is 7.81. The van der Waals surface area contributed by atoms with Crippen molar-refractivity contribution in [3.05, 3.63) is 70.8 Å². The summed E-state index contributed by atoms with van der Waals surface area (Å²) in [4.78, 5) is 0.932. The van der Waals surface area contributed by atoms with Crippen LogP contribution in [0.25, 0.3) is 0 Å². The minimum Gasteiger partial charge on any atom is -0.0788 e. The van der Waals surface area contributed by atoms with Crippen LogP contribution in [0.3, 0.4) is 0 Å². The third kappa shape index (κ3) is 2.05. The number of benzene rings is 2. The summed E-state index contributed by atoms with van der Waals surface area (Å²) >= 11 is 5.53. The van der Waals surface area contributed by atoms with Crippen molar-refractivity contribution in [2.75, 3.05) is 0 Å². The molecule has 2 aromatic carbocycles. The van der Waals surface area contributed by atoms with Gasteiger partial charge in [-0.05, 0) is 36.1 Å². The summed E-state index contributed by atoms with van der Waals surface area (Å²) in [5.74, 6) is 0. The highest BCUT2D eigenvalue weighted by atomic mass is 32.1. The normalized spacial score (nSPS) is 10.1. The van der Waals surface area contributed by atoms with E-state index in [4.69, 9.17) is 12.2 Å². The molecule has 0 saturated carbocycles. The Morgan fingerprint density at radius 2 is 1.56 bits per heavy atom. The Kier molecular flexibility index (Phi) is 3.16. The quantitative estimate of drug-likeness (QED) is 0.549. The molecule has 80 valence electrons. The van der Waals surface area contributed by atoms with E-state index in [0.717, 1.165) is 10.4 Å². The molecule has 0 aliphatic rings. The van der Waals surface area contributed by atoms with E-state index < -0.39 is 0 Å². The third-order valence-corrected chi connectivity index (χ3v) is 3.34. The van der Waals surface area contributed by atoms with E-state index in [-0.39, 0.29) is 0 Å². The van der Waals surface area contributed by atoms with Gasteiger partial charge in [-0.2, -0.15) is 0 Å². The Morgan fingerprint density at radius 1 is 0.875 bits per heavy atom. The topological polar surface area (TPSA) is 0 Å². The van der Waals surface area contributed by atoms with E-state index in [2.05, 4.69) is 44.2 Å². The Labute approximate surface area is 102 Å². The first-order valence-corrected chi connectivity index (χ1v) is 5.77. The van der Waals surface area contributed by atoms with E-state index in [1.165, 1.54) is 16.7 Å². The van der Waals surface area contributed by atoms with Gasteiger partial charge in [-0.25, -0.2) is 0 Å². The minimum absolute atomic E-state index is 0.932. The van der Waals surface area contributed by atoms with E-state index in [0.29, 0.717) is 0 Å². The van der Waals surface area contributed by atoms with Crippen molar-refractivity contribution in [1.29, 1.82) is 0 Å². The fraction of sp³-hybridized carbons (Fsp3) is 0.133. The lowest BCUT2D eigenvalue weighted by Crippen LogP contribution is -2.02. The largest absolute Gasteiger partial charge is 0.0788 e. The van der Waals surface area contributed by atoms with Crippen molar-refractivity contribution in [3.63, 3.8) is 0 Å². The minimum atomic E-state index is 0.932. The summed E-state index contributed by atoms with van der Waals surface area (Å²) in [5, 5.41) is 0. The summed E-state index contributed by atoms with van der Waals surface area (Å²) in [6.07, 6.45) is 0. The van der Waals surface area contributed by atoms with Gasteiger partial charge in [0, 0.05) is 0 Å². The molecule has 2 aromatic rings. The van der Waals surface area contributed by atoms with Crippen LogP contribution in [0.1, 0.15) is 22.3 Å². The molecule has 0 aliphatic heterocycles. The van der Waals surface area contributed by atoms with Crippen LogP contribution in [0.15, 0.2) is 48.5 Å². The molecule has 16 heavy (non-hydrogen) atoms. The van der Waals surface area contributed by atoms with Crippen LogP contribution in [0.4, 0.5) is 0 Å². The predicted octanol–water partition coefficient (Wildman–Crippen LogP) is 4.07. The van der Waals surface area contributed by atoms with Crippen molar-refractivity contribution < 1.29 is 0 Å². The molecular formula is C15H14S. The zero-order valence-corrected chi connectivity index (χ0v) is 10.3. The second-order valence-electron chi connectivity index (χ2n) is 3.94. The lowest BCUT2D eigenvalue weighted by Gasteiger charge is -2.09. The first kappa shape index (κ1) is 11.0. The highest BCUT2D eigenvalue weighted by Crippen LogP contribution is 2.17. The molecule has 0 amide bonds. The van der Waals surface area contributed by atoms with Gasteiger partial charge in [0.05, 0.1) is 4.86 Å². The molecule has 0 fully saturated rings. The maximum Gasteiger partial charge on any atom is 0.0524 e. The molecule has 2 rings (SSSR count). The summed E-state index contributed by atoms with van der Waals surface area (Å²) < 4.78 is 0. The van der Waals surface area contributed by atoms with Gasteiger partial charge < -0.3 is 0 Å². The molecule has 0 heterocycles. The SMILES string of the molecule is Cc1cccc(C(=S)c2ccccc2)c1C. The Balaban J connectivity index is 2.46. The van der Waals surface area contributed by atoms with E-state index in [1.807, 2.05) is 18.2 Å². The number of rotatable bonds is 2. The van der Waals surface area contributed by atoms with Crippen LogP contribution >= 0.6 is 12.2 Å². The van der Waals surface area contributed by atoms with Crippen LogP contribution in [-0.4, -0.2) is 4.86 Å². The van der Waals surface area contributed by atoms with Gasteiger partial charge >= 0.3 is 0 Å². The van der Waals surface area contributed by atoms with E-state index in [9.17, 15) is 0 Å². The predicted molar refractivity (Wildman–Crippen MR) is 73.2 cm³/mol. The Morgan fingerprint density at radius 3 is 2.25 bits per heavy atom. The second-order valence-corrected chi connectivity index (χ2v) is 4.35. The third-order valence-electron chi connectivity index (χ3n) is 2.89. The van der Waals surface area contributed by atoms with Gasteiger partial charge in [0.1, 0.15) is 0 Å². The molecule has 0 nitrogen and oxygen atoms in total. The summed E-state index contributed by atoms with van der Waals surface area (Å²) in [7, 11) is 0. The molecule has 0 atom stereocenters. The molecule has 1 heteroatoms. The lowest BCUT2D eigenvalue weighted by molar-refractivity contribution is 1.33. The smallest absolute Gasteiger partial charge is 0.0524 e. The van der Waals surface area contributed by atoms with Crippen LogP contribution in [0.5, 0.6) is 0 Å². The maximum atomic E-state index is 5.53. The summed E-state index contributed by atoms with van der Waals surface area (Å²) in [5.41, 5.74) is 4.85. The number of aryl methyl sites for hydroxylation is 1. The Bertz CT molecular complexity index is 512. The standard InChI is InChI=1S/C15H14S/c1-11-7-6-10-14(12(11)2)15(16)13-8-4-3-5-9-13/h3-10H,1-2H3. The molecule has 0 spiro atoms. The molecule has 0 saturated heterocycles. The van der Waals surface area contributed by atoms with Crippen LogP contribution < -0.4 is 0 Å². The summed E-state index contributed by atoms with van der Waals surface area (Å²) in [6, 6.07) is 16.4.